The molecule has 1 fully saturated rings. The van der Waals surface area contributed by atoms with Gasteiger partial charge in [0.1, 0.15) is 27.0 Å². The van der Waals surface area contributed by atoms with Crippen molar-refractivity contribution in [3.63, 3.8) is 0 Å². The van der Waals surface area contributed by atoms with Gasteiger partial charge in [-0.25, -0.2) is 0 Å². The van der Waals surface area contributed by atoms with Crippen LogP contribution >= 0.6 is 47.1 Å². The molecular weight excluding hydrogens is 531 g/mol. The molecule has 1 amide bonds. The van der Waals surface area contributed by atoms with Crippen LogP contribution in [0.15, 0.2) is 45.1 Å². The van der Waals surface area contributed by atoms with Gasteiger partial charge in [0.25, 0.3) is 11.5 Å². The van der Waals surface area contributed by atoms with Gasteiger partial charge in [0, 0.05) is 11.4 Å². The minimum Gasteiger partial charge on any atom is -0.480 e. The quantitative estimate of drug-likeness (QED) is 0.515. The van der Waals surface area contributed by atoms with E-state index in [0.29, 0.717) is 10.1 Å². The van der Waals surface area contributed by atoms with Gasteiger partial charge < -0.3 is 15.1 Å². The summed E-state index contributed by atoms with van der Waals surface area (Å²) in [6.07, 6.45) is 1.88. The van der Waals surface area contributed by atoms with Gasteiger partial charge in [-0.1, -0.05) is 47.9 Å². The summed E-state index contributed by atoms with van der Waals surface area (Å²) in [4.78, 5) is 53.0. The SMILES string of the molecule is CCN1/C(=C/C(C)=c2\s/c(=C3\SC(=S)N(CC(=O)O)C3=O)n(CC(=O)O)c2=O)Sc2ccccc21. The number of para-hydroxylation sites is 1. The molecule has 2 N–H and O–H groups in total. The van der Waals surface area contributed by atoms with E-state index in [0.717, 1.165) is 54.7 Å². The fourth-order valence-electron chi connectivity index (χ4n) is 3.64. The third-order valence-corrected chi connectivity index (χ3v) is 9.16. The molecule has 182 valence electrons. The fraction of sp³-hybridized carbons (Fsp3) is 0.227. The largest absolute Gasteiger partial charge is 0.480 e. The van der Waals surface area contributed by atoms with Gasteiger partial charge in [0.15, 0.2) is 0 Å². The number of carboxylic acid groups (broad SMARTS) is 2. The molecule has 0 aliphatic carbocycles. The van der Waals surface area contributed by atoms with Crippen molar-refractivity contribution in [2.45, 2.75) is 25.3 Å². The second-order valence-electron chi connectivity index (χ2n) is 7.48. The maximum Gasteiger partial charge on any atom is 0.323 e. The number of nitrogens with zero attached hydrogens (tertiary/aromatic N) is 3. The molecule has 2 aliphatic rings. The molecule has 1 aromatic heterocycles. The van der Waals surface area contributed by atoms with Crippen molar-refractivity contribution in [3.8, 4) is 0 Å². The second kappa shape index (κ2) is 10.0. The minimum absolute atomic E-state index is 0.0400. The topological polar surface area (TPSA) is 120 Å². The first kappa shape index (κ1) is 25.2. The van der Waals surface area contributed by atoms with Crippen molar-refractivity contribution in [2.75, 3.05) is 18.0 Å². The van der Waals surface area contributed by atoms with Crippen molar-refractivity contribution in [1.82, 2.24) is 9.47 Å². The first-order valence-electron chi connectivity index (χ1n) is 10.3. The third-order valence-electron chi connectivity index (χ3n) is 5.16. The van der Waals surface area contributed by atoms with Crippen LogP contribution in [0.1, 0.15) is 13.8 Å². The Balaban J connectivity index is 1.89. The van der Waals surface area contributed by atoms with Crippen LogP contribution in [-0.4, -0.2) is 54.9 Å². The molecule has 0 radical (unpaired) electrons. The number of aliphatic carboxylic acids is 2. The lowest BCUT2D eigenvalue weighted by molar-refractivity contribution is -0.140. The zero-order chi connectivity index (χ0) is 25.4. The van der Waals surface area contributed by atoms with E-state index in [2.05, 4.69) is 4.90 Å². The fourth-order valence-corrected chi connectivity index (χ4v) is 7.39. The summed E-state index contributed by atoms with van der Waals surface area (Å²) in [6, 6.07) is 7.97. The summed E-state index contributed by atoms with van der Waals surface area (Å²) in [6.45, 7) is 3.26. The van der Waals surface area contributed by atoms with Gasteiger partial charge >= 0.3 is 11.9 Å². The Morgan fingerprint density at radius 1 is 1.06 bits per heavy atom. The number of thioether (sulfide) groups is 2. The number of hydrogen-bond donors (Lipinski definition) is 2. The van der Waals surface area contributed by atoms with Crippen LogP contribution in [0.5, 0.6) is 0 Å². The molecule has 0 spiro atoms. The van der Waals surface area contributed by atoms with Gasteiger partial charge in [0.05, 0.1) is 15.2 Å². The number of carbonyl (C=O) groups is 3. The average Bonchev–Trinajstić information content (AvgIpc) is 3.40. The molecule has 4 rings (SSSR count). The summed E-state index contributed by atoms with van der Waals surface area (Å²) in [5.74, 6) is -3.14. The molecule has 35 heavy (non-hydrogen) atoms. The molecule has 2 aromatic rings. The predicted octanol–water partition coefficient (Wildman–Crippen LogP) is 1.69. The normalized spacial score (nSPS) is 19.0. The Kier molecular flexibility index (Phi) is 7.22. The molecule has 1 aromatic carbocycles. The van der Waals surface area contributed by atoms with E-state index < -0.39 is 36.5 Å². The molecule has 2 aliphatic heterocycles. The predicted molar refractivity (Wildman–Crippen MR) is 141 cm³/mol. The number of allylic oxidation sites excluding steroid dienone is 1. The lowest BCUT2D eigenvalue weighted by atomic mass is 10.2. The van der Waals surface area contributed by atoms with E-state index in [1.807, 2.05) is 37.3 Å². The highest BCUT2D eigenvalue weighted by molar-refractivity contribution is 8.30. The van der Waals surface area contributed by atoms with Crippen molar-refractivity contribution >= 4 is 85.4 Å². The number of aromatic nitrogens is 1. The maximum absolute atomic E-state index is 13.3. The molecule has 0 saturated carbocycles. The van der Waals surface area contributed by atoms with E-state index in [1.54, 1.807) is 18.7 Å². The monoisotopic (exact) mass is 549 g/mol. The summed E-state index contributed by atoms with van der Waals surface area (Å²) in [5.41, 5.74) is 1.17. The van der Waals surface area contributed by atoms with E-state index >= 15 is 0 Å². The summed E-state index contributed by atoms with van der Waals surface area (Å²) >= 11 is 8.59. The smallest absolute Gasteiger partial charge is 0.323 e. The molecule has 3 heterocycles. The standard InChI is InChI=1S/C22H19N3O6S4/c1-3-23-12-6-4-5-7-13(12)33-14(23)8-11(2)17-19(30)24(9-15(26)27)21(34-17)18-20(31)25(10-16(28)29)22(32)35-18/h4-8H,3,9-10H2,1-2H3,(H,26,27)(H,28,29)/b14-8-,17-11-,21-18-. The number of fused-ring (bicyclic) bond motifs is 1. The lowest BCUT2D eigenvalue weighted by Gasteiger charge is -2.17. The summed E-state index contributed by atoms with van der Waals surface area (Å²) in [5, 5.41) is 19.4. The summed E-state index contributed by atoms with van der Waals surface area (Å²) < 4.78 is 1.51. The number of anilines is 1. The number of carboxylic acids is 2. The molecule has 9 nitrogen and oxygen atoms in total. The van der Waals surface area contributed by atoms with Crippen LogP contribution in [0.2, 0.25) is 0 Å². The molecule has 0 atom stereocenters. The molecule has 0 bridgehead atoms. The molecular formula is C22H19N3O6S4. The van der Waals surface area contributed by atoms with E-state index in [9.17, 15) is 24.3 Å². The lowest BCUT2D eigenvalue weighted by Crippen LogP contribution is -2.37. The number of amides is 1. The number of carbonyl (C=O) groups excluding carboxylic acids is 1. The van der Waals surface area contributed by atoms with Gasteiger partial charge in [-0.15, -0.1) is 11.3 Å². The highest BCUT2D eigenvalue weighted by Crippen LogP contribution is 2.45. The average molecular weight is 550 g/mol. The van der Waals surface area contributed by atoms with Crippen molar-refractivity contribution in [1.29, 1.82) is 0 Å². The first-order chi connectivity index (χ1) is 16.6. The molecule has 13 heteroatoms. The highest BCUT2D eigenvalue weighted by Gasteiger charge is 2.35. The zero-order valence-electron chi connectivity index (χ0n) is 18.5. The number of thiazole rings is 1. The molecule has 1 saturated heterocycles. The van der Waals surface area contributed by atoms with Crippen LogP contribution in [-0.2, 0) is 20.9 Å². The zero-order valence-corrected chi connectivity index (χ0v) is 21.8. The Morgan fingerprint density at radius 3 is 2.40 bits per heavy atom. The van der Waals surface area contributed by atoms with Crippen LogP contribution in [0.3, 0.4) is 0 Å². The Bertz CT molecular complexity index is 1490. The second-order valence-corrected chi connectivity index (χ2v) is 11.2. The van der Waals surface area contributed by atoms with E-state index in [-0.39, 0.29) is 13.9 Å². The Labute approximate surface area is 217 Å². The Hall–Kier alpha value is -2.87. The van der Waals surface area contributed by atoms with Gasteiger partial charge in [-0.3, -0.25) is 28.6 Å². The number of thiocarbonyl (C=S) groups is 1. The van der Waals surface area contributed by atoms with Crippen LogP contribution in [0.25, 0.3) is 10.5 Å². The van der Waals surface area contributed by atoms with Crippen molar-refractivity contribution in [3.05, 3.63) is 54.9 Å². The van der Waals surface area contributed by atoms with E-state index in [1.165, 1.54) is 0 Å². The van der Waals surface area contributed by atoms with Crippen LogP contribution in [0.4, 0.5) is 5.69 Å². The Morgan fingerprint density at radius 2 is 1.74 bits per heavy atom. The number of benzene rings is 1. The molecule has 0 unspecified atom stereocenters. The van der Waals surface area contributed by atoms with E-state index in [4.69, 9.17) is 17.3 Å². The van der Waals surface area contributed by atoms with Crippen LogP contribution in [0, 0.1) is 0 Å². The van der Waals surface area contributed by atoms with Crippen molar-refractivity contribution < 1.29 is 24.6 Å². The van der Waals surface area contributed by atoms with Crippen LogP contribution < -0.4 is 19.7 Å². The van der Waals surface area contributed by atoms with Gasteiger partial charge in [0.2, 0.25) is 0 Å². The third kappa shape index (κ3) is 4.81. The minimum atomic E-state index is -1.24. The first-order valence-corrected chi connectivity index (χ1v) is 13.2. The number of hydrogen-bond acceptors (Lipinski definition) is 9. The number of rotatable bonds is 6. The van der Waals surface area contributed by atoms with Gasteiger partial charge in [-0.2, -0.15) is 0 Å². The van der Waals surface area contributed by atoms with Crippen molar-refractivity contribution in [2.24, 2.45) is 0 Å². The highest BCUT2D eigenvalue weighted by atomic mass is 32.2. The van der Waals surface area contributed by atoms with Gasteiger partial charge in [-0.05, 0) is 37.6 Å². The summed E-state index contributed by atoms with van der Waals surface area (Å²) in [7, 11) is 0. The maximum atomic E-state index is 13.3.